The standard InChI is InChI=1S/C19H15Cl2N3O2/c1-12-10-17(25)18(23-24(12)16-8-6-15(21)7-9-16)19(26)22-11-13-2-4-14(20)5-3-13/h2-10H,11H2,1H3,(H,22,26). The van der Waals surface area contributed by atoms with Gasteiger partial charge in [0.05, 0.1) is 5.69 Å². The van der Waals surface area contributed by atoms with E-state index in [4.69, 9.17) is 23.2 Å². The zero-order valence-electron chi connectivity index (χ0n) is 13.9. The molecular formula is C19H15Cl2N3O2. The molecular weight excluding hydrogens is 373 g/mol. The molecule has 1 amide bonds. The molecule has 0 saturated heterocycles. The predicted molar refractivity (Wildman–Crippen MR) is 102 cm³/mol. The summed E-state index contributed by atoms with van der Waals surface area (Å²) in [6.07, 6.45) is 0. The molecule has 1 N–H and O–H groups in total. The number of nitrogens with one attached hydrogen (secondary N) is 1. The average Bonchev–Trinajstić information content (AvgIpc) is 2.62. The summed E-state index contributed by atoms with van der Waals surface area (Å²) >= 11 is 11.7. The number of hydrogen-bond acceptors (Lipinski definition) is 3. The fourth-order valence-electron chi connectivity index (χ4n) is 2.42. The summed E-state index contributed by atoms with van der Waals surface area (Å²) in [4.78, 5) is 24.6. The van der Waals surface area contributed by atoms with E-state index < -0.39 is 11.3 Å². The summed E-state index contributed by atoms with van der Waals surface area (Å²) in [7, 11) is 0. The van der Waals surface area contributed by atoms with Crippen molar-refractivity contribution in [3.05, 3.63) is 91.8 Å². The molecule has 0 saturated carbocycles. The van der Waals surface area contributed by atoms with E-state index in [2.05, 4.69) is 10.4 Å². The van der Waals surface area contributed by atoms with Gasteiger partial charge < -0.3 is 5.32 Å². The lowest BCUT2D eigenvalue weighted by molar-refractivity contribution is 0.0943. The van der Waals surface area contributed by atoms with Crippen LogP contribution < -0.4 is 10.7 Å². The van der Waals surface area contributed by atoms with Crippen molar-refractivity contribution in [3.8, 4) is 5.69 Å². The second kappa shape index (κ2) is 7.72. The van der Waals surface area contributed by atoms with Gasteiger partial charge in [0.2, 0.25) is 5.43 Å². The van der Waals surface area contributed by atoms with E-state index in [0.717, 1.165) is 5.56 Å². The number of benzene rings is 2. The Bertz CT molecular complexity index is 997. The molecule has 0 atom stereocenters. The van der Waals surface area contributed by atoms with Gasteiger partial charge in [-0.3, -0.25) is 9.59 Å². The Morgan fingerprint density at radius 1 is 1.04 bits per heavy atom. The number of rotatable bonds is 4. The second-order valence-electron chi connectivity index (χ2n) is 5.70. The molecule has 26 heavy (non-hydrogen) atoms. The van der Waals surface area contributed by atoms with Gasteiger partial charge >= 0.3 is 0 Å². The lowest BCUT2D eigenvalue weighted by atomic mass is 10.2. The SMILES string of the molecule is Cc1cc(=O)c(C(=O)NCc2ccc(Cl)cc2)nn1-c1ccc(Cl)cc1. The minimum Gasteiger partial charge on any atom is -0.346 e. The number of carbonyl (C=O) groups excluding carboxylic acids is 1. The minimum absolute atomic E-state index is 0.167. The Morgan fingerprint density at radius 2 is 1.62 bits per heavy atom. The first kappa shape index (κ1) is 18.2. The highest BCUT2D eigenvalue weighted by Gasteiger charge is 2.15. The van der Waals surface area contributed by atoms with Gasteiger partial charge in [0.15, 0.2) is 5.69 Å². The van der Waals surface area contributed by atoms with Crippen LogP contribution in [0, 0.1) is 6.92 Å². The first-order chi connectivity index (χ1) is 12.4. The Labute approximate surface area is 160 Å². The largest absolute Gasteiger partial charge is 0.346 e. The second-order valence-corrected chi connectivity index (χ2v) is 6.57. The van der Waals surface area contributed by atoms with Gasteiger partial charge in [-0.1, -0.05) is 35.3 Å². The maximum atomic E-state index is 12.4. The molecule has 0 spiro atoms. The number of aromatic nitrogens is 2. The molecule has 0 bridgehead atoms. The van der Waals surface area contributed by atoms with Gasteiger partial charge in [-0.2, -0.15) is 5.10 Å². The maximum absolute atomic E-state index is 12.4. The van der Waals surface area contributed by atoms with Crippen LogP contribution in [0.25, 0.3) is 5.69 Å². The van der Waals surface area contributed by atoms with Crippen LogP contribution in [0.3, 0.4) is 0 Å². The van der Waals surface area contributed by atoms with Crippen LogP contribution in [0.15, 0.2) is 59.4 Å². The van der Waals surface area contributed by atoms with Crippen molar-refractivity contribution in [1.29, 1.82) is 0 Å². The van der Waals surface area contributed by atoms with Crippen molar-refractivity contribution in [3.63, 3.8) is 0 Å². The Morgan fingerprint density at radius 3 is 2.23 bits per heavy atom. The van der Waals surface area contributed by atoms with Crippen molar-refractivity contribution < 1.29 is 4.79 Å². The average molecular weight is 388 g/mol. The molecule has 7 heteroatoms. The molecule has 0 aliphatic rings. The third-order valence-electron chi connectivity index (χ3n) is 3.76. The first-order valence-corrected chi connectivity index (χ1v) is 8.59. The summed E-state index contributed by atoms with van der Waals surface area (Å²) in [6.45, 7) is 2.02. The van der Waals surface area contributed by atoms with Crippen molar-refractivity contribution >= 4 is 29.1 Å². The predicted octanol–water partition coefficient (Wildman–Crippen LogP) is 3.78. The lowest BCUT2D eigenvalue weighted by Gasteiger charge is -2.11. The third-order valence-corrected chi connectivity index (χ3v) is 4.26. The van der Waals surface area contributed by atoms with E-state index in [1.165, 1.54) is 10.7 Å². The number of hydrogen-bond donors (Lipinski definition) is 1. The van der Waals surface area contributed by atoms with E-state index in [9.17, 15) is 9.59 Å². The van der Waals surface area contributed by atoms with Gasteiger partial charge in [-0.05, 0) is 48.9 Å². The number of halogens is 2. The highest BCUT2D eigenvalue weighted by Crippen LogP contribution is 2.14. The van der Waals surface area contributed by atoms with Crippen molar-refractivity contribution in [2.45, 2.75) is 13.5 Å². The Balaban J connectivity index is 1.85. The fourth-order valence-corrected chi connectivity index (χ4v) is 2.67. The van der Waals surface area contributed by atoms with Crippen LogP contribution in [-0.2, 0) is 6.54 Å². The van der Waals surface area contributed by atoms with Crippen LogP contribution in [0.4, 0.5) is 0 Å². The van der Waals surface area contributed by atoms with Crippen LogP contribution in [0.2, 0.25) is 10.0 Å². The van der Waals surface area contributed by atoms with Gasteiger partial charge in [-0.25, -0.2) is 4.68 Å². The van der Waals surface area contributed by atoms with Crippen LogP contribution in [0.5, 0.6) is 0 Å². The molecule has 0 radical (unpaired) electrons. The lowest BCUT2D eigenvalue weighted by Crippen LogP contribution is -2.31. The van der Waals surface area contributed by atoms with E-state index in [1.54, 1.807) is 55.5 Å². The monoisotopic (exact) mass is 387 g/mol. The van der Waals surface area contributed by atoms with Gasteiger partial charge in [0.25, 0.3) is 5.91 Å². The molecule has 3 aromatic rings. The molecule has 1 heterocycles. The zero-order valence-corrected chi connectivity index (χ0v) is 15.4. The molecule has 0 aliphatic carbocycles. The Hall–Kier alpha value is -2.63. The number of amides is 1. The van der Waals surface area contributed by atoms with Gasteiger partial charge in [0, 0.05) is 28.4 Å². The molecule has 132 valence electrons. The van der Waals surface area contributed by atoms with Crippen LogP contribution in [0.1, 0.15) is 21.7 Å². The van der Waals surface area contributed by atoms with E-state index >= 15 is 0 Å². The molecule has 2 aromatic carbocycles. The van der Waals surface area contributed by atoms with Crippen molar-refractivity contribution in [2.75, 3.05) is 0 Å². The number of carbonyl (C=O) groups is 1. The van der Waals surface area contributed by atoms with E-state index in [-0.39, 0.29) is 12.2 Å². The molecule has 0 fully saturated rings. The fraction of sp³-hybridized carbons (Fsp3) is 0.105. The van der Waals surface area contributed by atoms with Crippen LogP contribution >= 0.6 is 23.2 Å². The summed E-state index contributed by atoms with van der Waals surface area (Å²) in [6, 6.07) is 15.4. The van der Waals surface area contributed by atoms with E-state index in [0.29, 0.717) is 21.4 Å². The summed E-state index contributed by atoms with van der Waals surface area (Å²) in [5, 5.41) is 8.14. The highest BCUT2D eigenvalue weighted by molar-refractivity contribution is 6.30. The van der Waals surface area contributed by atoms with Crippen molar-refractivity contribution in [2.24, 2.45) is 0 Å². The minimum atomic E-state index is -0.535. The summed E-state index contributed by atoms with van der Waals surface area (Å²) in [5.74, 6) is -0.535. The first-order valence-electron chi connectivity index (χ1n) is 7.83. The number of aryl methyl sites for hydroxylation is 1. The topological polar surface area (TPSA) is 64.0 Å². The Kier molecular flexibility index (Phi) is 5.40. The third kappa shape index (κ3) is 4.12. The van der Waals surface area contributed by atoms with Crippen molar-refractivity contribution in [1.82, 2.24) is 15.1 Å². The zero-order chi connectivity index (χ0) is 18.7. The van der Waals surface area contributed by atoms with E-state index in [1.807, 2.05) is 0 Å². The van der Waals surface area contributed by atoms with Gasteiger partial charge in [0.1, 0.15) is 0 Å². The number of nitrogens with zero attached hydrogens (tertiary/aromatic N) is 2. The molecule has 0 unspecified atom stereocenters. The summed E-state index contributed by atoms with van der Waals surface area (Å²) < 4.78 is 1.54. The molecule has 5 nitrogen and oxygen atoms in total. The highest BCUT2D eigenvalue weighted by atomic mass is 35.5. The van der Waals surface area contributed by atoms with Gasteiger partial charge in [-0.15, -0.1) is 0 Å². The van der Waals surface area contributed by atoms with Crippen LogP contribution in [-0.4, -0.2) is 15.7 Å². The quantitative estimate of drug-likeness (QED) is 0.740. The normalized spacial score (nSPS) is 10.6. The smallest absolute Gasteiger partial charge is 0.276 e. The summed E-state index contributed by atoms with van der Waals surface area (Å²) in [5.41, 5.74) is 1.60. The molecule has 1 aromatic heterocycles. The molecule has 3 rings (SSSR count). The maximum Gasteiger partial charge on any atom is 0.276 e. The molecule has 0 aliphatic heterocycles.